The molecule has 48 heavy (non-hydrogen) atoms. The van der Waals surface area contributed by atoms with Crippen molar-refractivity contribution >= 4 is 45.2 Å². The van der Waals surface area contributed by atoms with Gasteiger partial charge in [-0.1, -0.05) is 130 Å². The Bertz CT molecular complexity index is 1370. The Hall–Kier alpha value is -2.69. The molecule has 0 aliphatic heterocycles. The Balaban J connectivity index is 1.75. The molecule has 2 rings (SSSR count). The summed E-state index contributed by atoms with van der Waals surface area (Å²) in [6.45, 7) is 8.07. The van der Waals surface area contributed by atoms with Crippen LogP contribution >= 0.6 is 11.8 Å². The van der Waals surface area contributed by atoms with E-state index in [9.17, 15) is 27.4 Å². The monoisotopic (exact) mass is 702 g/mol. The van der Waals surface area contributed by atoms with Crippen LogP contribution in [0.5, 0.6) is 0 Å². The van der Waals surface area contributed by atoms with Crippen molar-refractivity contribution in [3.63, 3.8) is 0 Å². The summed E-state index contributed by atoms with van der Waals surface area (Å²) in [6.07, 6.45) is 20.8. The summed E-state index contributed by atoms with van der Waals surface area (Å²) < 4.78 is 31.9. The average Bonchev–Trinajstić information content (AvgIpc) is 3.04. The van der Waals surface area contributed by atoms with Gasteiger partial charge in [-0.05, 0) is 48.9 Å². The second kappa shape index (κ2) is 22.1. The second-order valence-corrected chi connectivity index (χ2v) is 16.3. The lowest BCUT2D eigenvalue weighted by Crippen LogP contribution is -2.39. The number of unbranched alkanes of at least 4 members (excludes halogenated alkanes) is 15. The minimum atomic E-state index is -4.37. The SMILES string of the molecule is CCCCCCCCCCCCCCCCCCNC(=O)c1cccc(SC(C(=O)Nc2ccc(S(=O)(=O)O)cc2)C(=O)C(C)(C)C)c1. The molecule has 0 fully saturated rings. The minimum absolute atomic E-state index is 0.194. The molecule has 268 valence electrons. The van der Waals surface area contributed by atoms with Crippen molar-refractivity contribution in [3.8, 4) is 0 Å². The van der Waals surface area contributed by atoms with E-state index in [0.717, 1.165) is 24.6 Å². The molecule has 0 saturated carbocycles. The molecule has 2 aromatic carbocycles. The molecule has 0 heterocycles. The number of amides is 2. The highest BCUT2D eigenvalue weighted by Gasteiger charge is 2.35. The smallest absolute Gasteiger partial charge is 0.294 e. The van der Waals surface area contributed by atoms with Gasteiger partial charge in [0.25, 0.3) is 16.0 Å². The lowest BCUT2D eigenvalue weighted by molar-refractivity contribution is -0.129. The van der Waals surface area contributed by atoms with E-state index in [1.807, 2.05) is 0 Å². The lowest BCUT2D eigenvalue weighted by atomic mass is 9.88. The Morgan fingerprint density at radius 1 is 0.750 bits per heavy atom. The molecule has 1 unspecified atom stereocenters. The number of carbonyl (C=O) groups excluding carboxylic acids is 3. The number of carbonyl (C=O) groups is 3. The largest absolute Gasteiger partial charge is 0.352 e. The highest BCUT2D eigenvalue weighted by molar-refractivity contribution is 8.01. The van der Waals surface area contributed by atoms with Crippen molar-refractivity contribution in [2.45, 2.75) is 145 Å². The molecule has 0 aliphatic carbocycles. The van der Waals surface area contributed by atoms with Crippen molar-refractivity contribution in [2.75, 3.05) is 11.9 Å². The molecule has 0 radical (unpaired) electrons. The fourth-order valence-electron chi connectivity index (χ4n) is 5.36. The van der Waals surface area contributed by atoms with Crippen LogP contribution in [0.25, 0.3) is 0 Å². The molecule has 1 atom stereocenters. The Labute approximate surface area is 293 Å². The third-order valence-electron chi connectivity index (χ3n) is 8.30. The van der Waals surface area contributed by atoms with Crippen LogP contribution in [0, 0.1) is 5.41 Å². The number of hydrogen-bond acceptors (Lipinski definition) is 6. The van der Waals surface area contributed by atoms with Crippen LogP contribution in [0.4, 0.5) is 5.69 Å². The van der Waals surface area contributed by atoms with Gasteiger partial charge in [-0.25, -0.2) is 0 Å². The van der Waals surface area contributed by atoms with Gasteiger partial charge in [0, 0.05) is 28.1 Å². The van der Waals surface area contributed by atoms with Gasteiger partial charge in [-0.3, -0.25) is 18.9 Å². The summed E-state index contributed by atoms with van der Waals surface area (Å²) in [6, 6.07) is 11.9. The number of Topliss-reactive ketones (excluding diaryl/α,β-unsaturated/α-hetero) is 1. The number of benzene rings is 2. The maximum absolute atomic E-state index is 13.3. The molecule has 0 aliphatic rings. The predicted molar refractivity (Wildman–Crippen MR) is 197 cm³/mol. The molecular weight excluding hydrogens is 645 g/mol. The fourth-order valence-corrected chi connectivity index (χ4v) is 7.09. The van der Waals surface area contributed by atoms with Gasteiger partial charge < -0.3 is 10.6 Å². The topological polar surface area (TPSA) is 130 Å². The van der Waals surface area contributed by atoms with Crippen LogP contribution in [0.15, 0.2) is 58.3 Å². The molecule has 0 spiro atoms. The van der Waals surface area contributed by atoms with Crippen LogP contribution in [-0.4, -0.2) is 42.4 Å². The van der Waals surface area contributed by atoms with E-state index in [0.29, 0.717) is 17.0 Å². The first kappa shape index (κ1) is 41.5. The van der Waals surface area contributed by atoms with Crippen LogP contribution in [0.3, 0.4) is 0 Å². The van der Waals surface area contributed by atoms with E-state index in [2.05, 4.69) is 17.6 Å². The van der Waals surface area contributed by atoms with E-state index in [4.69, 9.17) is 0 Å². The number of anilines is 1. The third-order valence-corrected chi connectivity index (χ3v) is 10.4. The van der Waals surface area contributed by atoms with Gasteiger partial charge in [0.1, 0.15) is 5.25 Å². The maximum atomic E-state index is 13.3. The summed E-state index contributed by atoms with van der Waals surface area (Å²) in [4.78, 5) is 39.8. The Kier molecular flexibility index (Phi) is 19.1. The standard InChI is InChI=1S/C38H58N2O6S2/c1-5-6-7-8-9-10-11-12-13-14-15-16-17-18-19-20-28-39-36(42)30-22-21-23-32(29-30)47-34(35(41)38(2,3)4)37(43)40-31-24-26-33(27-25-31)48(44,45)46/h21-27,29,34H,5-20,28H2,1-4H3,(H,39,42)(H,40,43)(H,44,45,46). The first-order valence-electron chi connectivity index (χ1n) is 17.8. The van der Waals surface area contributed by atoms with Crippen molar-refractivity contribution in [1.29, 1.82) is 0 Å². The predicted octanol–water partition coefficient (Wildman–Crippen LogP) is 9.64. The first-order valence-corrected chi connectivity index (χ1v) is 20.1. The summed E-state index contributed by atoms with van der Waals surface area (Å²) >= 11 is 1.06. The molecule has 0 aromatic heterocycles. The van der Waals surface area contributed by atoms with Crippen molar-refractivity contribution in [3.05, 3.63) is 54.1 Å². The van der Waals surface area contributed by atoms with Crippen LogP contribution in [0.1, 0.15) is 141 Å². The van der Waals surface area contributed by atoms with E-state index >= 15 is 0 Å². The quantitative estimate of drug-likeness (QED) is 0.0430. The highest BCUT2D eigenvalue weighted by Crippen LogP contribution is 2.31. The van der Waals surface area contributed by atoms with E-state index in [1.54, 1.807) is 45.0 Å². The molecule has 8 nitrogen and oxygen atoms in total. The van der Waals surface area contributed by atoms with Gasteiger partial charge >= 0.3 is 0 Å². The maximum Gasteiger partial charge on any atom is 0.294 e. The number of thioether (sulfide) groups is 1. The highest BCUT2D eigenvalue weighted by atomic mass is 32.2. The molecular formula is C38H58N2O6S2. The van der Waals surface area contributed by atoms with Gasteiger partial charge in [-0.15, -0.1) is 11.8 Å². The van der Waals surface area contributed by atoms with Crippen LogP contribution in [0.2, 0.25) is 0 Å². The summed E-state index contributed by atoms with van der Waals surface area (Å²) in [7, 11) is -4.37. The van der Waals surface area contributed by atoms with Crippen molar-refractivity contribution < 1.29 is 27.4 Å². The molecule has 0 saturated heterocycles. The van der Waals surface area contributed by atoms with Crippen LogP contribution < -0.4 is 10.6 Å². The van der Waals surface area contributed by atoms with Gasteiger partial charge in [0.05, 0.1) is 4.90 Å². The first-order chi connectivity index (χ1) is 22.8. The van der Waals surface area contributed by atoms with E-state index < -0.39 is 26.7 Å². The van der Waals surface area contributed by atoms with E-state index in [1.165, 1.54) is 114 Å². The number of nitrogens with one attached hydrogen (secondary N) is 2. The summed E-state index contributed by atoms with van der Waals surface area (Å²) in [5, 5.41) is 4.54. The second-order valence-electron chi connectivity index (χ2n) is 13.7. The number of ketones is 1. The molecule has 10 heteroatoms. The van der Waals surface area contributed by atoms with Gasteiger partial charge in [-0.2, -0.15) is 8.42 Å². The average molecular weight is 703 g/mol. The zero-order valence-electron chi connectivity index (χ0n) is 29.5. The number of rotatable bonds is 24. The van der Waals surface area contributed by atoms with Gasteiger partial charge in [0.2, 0.25) is 5.91 Å². The molecule has 0 bridgehead atoms. The third kappa shape index (κ3) is 16.6. The minimum Gasteiger partial charge on any atom is -0.352 e. The lowest BCUT2D eigenvalue weighted by Gasteiger charge is -2.24. The zero-order chi connectivity index (χ0) is 35.4. The van der Waals surface area contributed by atoms with Crippen molar-refractivity contribution in [1.82, 2.24) is 5.32 Å². The number of hydrogen-bond donors (Lipinski definition) is 3. The normalized spacial score (nSPS) is 12.4. The van der Waals surface area contributed by atoms with E-state index in [-0.39, 0.29) is 22.3 Å². The summed E-state index contributed by atoms with van der Waals surface area (Å²) in [5.74, 6) is -1.06. The van der Waals surface area contributed by atoms with Crippen LogP contribution in [-0.2, 0) is 19.7 Å². The molecule has 2 aromatic rings. The fraction of sp³-hybridized carbons (Fsp3) is 0.605. The summed E-state index contributed by atoms with van der Waals surface area (Å²) in [5.41, 5.74) is -0.0761. The molecule has 3 N–H and O–H groups in total. The van der Waals surface area contributed by atoms with Gasteiger partial charge in [0.15, 0.2) is 5.78 Å². The Morgan fingerprint density at radius 2 is 1.25 bits per heavy atom. The van der Waals surface area contributed by atoms with Crippen molar-refractivity contribution in [2.24, 2.45) is 5.41 Å². The Morgan fingerprint density at radius 3 is 1.73 bits per heavy atom. The zero-order valence-corrected chi connectivity index (χ0v) is 31.2. The molecule has 2 amide bonds.